The van der Waals surface area contributed by atoms with Gasteiger partial charge in [-0.25, -0.2) is 9.97 Å². The number of aromatic nitrogens is 2. The third-order valence-electron chi connectivity index (χ3n) is 2.18. The number of rotatable bonds is 2. The predicted octanol–water partition coefficient (Wildman–Crippen LogP) is 2.40. The highest BCUT2D eigenvalue weighted by Gasteiger charge is 2.14. The third-order valence-corrected chi connectivity index (χ3v) is 3.66. The van der Waals surface area contributed by atoms with E-state index in [-0.39, 0.29) is 12.4 Å². The Morgan fingerprint density at radius 2 is 2.07 bits per heavy atom. The molecule has 1 N–H and O–H groups in total. The number of halogens is 2. The van der Waals surface area contributed by atoms with Gasteiger partial charge in [0.15, 0.2) is 0 Å². The lowest BCUT2D eigenvalue weighted by atomic mass is 10.2. The minimum atomic E-state index is 0. The molecule has 1 aromatic rings. The van der Waals surface area contributed by atoms with Crippen LogP contribution in [0.5, 0.6) is 0 Å². The fourth-order valence-corrected chi connectivity index (χ4v) is 2.78. The lowest BCUT2D eigenvalue weighted by Gasteiger charge is -2.21. The maximum Gasteiger partial charge on any atom is 0.133 e. The van der Waals surface area contributed by atoms with Crippen molar-refractivity contribution in [2.24, 2.45) is 0 Å². The van der Waals surface area contributed by atoms with Crippen molar-refractivity contribution in [1.29, 1.82) is 0 Å². The number of nitrogens with one attached hydrogen (secondary N) is 1. The van der Waals surface area contributed by atoms with Crippen LogP contribution in [0.25, 0.3) is 0 Å². The number of piperidine rings is 1. The van der Waals surface area contributed by atoms with Crippen molar-refractivity contribution in [3.63, 3.8) is 0 Å². The summed E-state index contributed by atoms with van der Waals surface area (Å²) in [5.41, 5.74) is 0. The fraction of sp³-hybridized carbons (Fsp3) is 0.556. The van der Waals surface area contributed by atoms with Crippen LogP contribution in [0.3, 0.4) is 0 Å². The Morgan fingerprint density at radius 3 is 2.73 bits per heavy atom. The number of hydrogen-bond acceptors (Lipinski definition) is 4. The van der Waals surface area contributed by atoms with Crippen molar-refractivity contribution in [2.75, 3.05) is 13.1 Å². The molecule has 0 amide bonds. The van der Waals surface area contributed by atoms with Gasteiger partial charge in [0.05, 0.1) is 0 Å². The quantitative estimate of drug-likeness (QED) is 0.834. The third kappa shape index (κ3) is 4.15. The average Bonchev–Trinajstić information content (AvgIpc) is 2.19. The molecular weight excluding hydrogens is 253 g/mol. The summed E-state index contributed by atoms with van der Waals surface area (Å²) in [6.45, 7) is 2.22. The van der Waals surface area contributed by atoms with E-state index < -0.39 is 0 Å². The van der Waals surface area contributed by atoms with Crippen molar-refractivity contribution >= 4 is 35.8 Å². The van der Waals surface area contributed by atoms with Gasteiger partial charge in [-0.2, -0.15) is 0 Å². The molecule has 84 valence electrons. The smallest absolute Gasteiger partial charge is 0.133 e. The summed E-state index contributed by atoms with van der Waals surface area (Å²) in [6.07, 6.45) is 3.92. The van der Waals surface area contributed by atoms with E-state index in [4.69, 9.17) is 11.6 Å². The van der Waals surface area contributed by atoms with Gasteiger partial charge in [0.1, 0.15) is 16.5 Å². The first-order chi connectivity index (χ1) is 6.84. The van der Waals surface area contributed by atoms with E-state index in [1.165, 1.54) is 19.2 Å². The second kappa shape index (κ2) is 6.53. The minimum Gasteiger partial charge on any atom is -0.317 e. The molecule has 3 nitrogen and oxygen atoms in total. The molecule has 0 radical (unpaired) electrons. The molecule has 0 atom stereocenters. The van der Waals surface area contributed by atoms with Gasteiger partial charge in [0.25, 0.3) is 0 Å². The molecule has 2 heterocycles. The standard InChI is InChI=1S/C9H12ClN3S.ClH/c10-8-5-9(13-6-12-8)14-7-1-3-11-4-2-7;/h5-7,11H,1-4H2;1H. The molecule has 0 bridgehead atoms. The second-order valence-electron chi connectivity index (χ2n) is 3.25. The number of nitrogens with zero attached hydrogens (tertiary/aromatic N) is 2. The summed E-state index contributed by atoms with van der Waals surface area (Å²) in [6, 6.07) is 1.83. The van der Waals surface area contributed by atoms with E-state index in [0.29, 0.717) is 10.4 Å². The lowest BCUT2D eigenvalue weighted by Crippen LogP contribution is -2.29. The molecule has 0 saturated carbocycles. The maximum atomic E-state index is 5.79. The number of hydrogen-bond donors (Lipinski definition) is 1. The molecular formula is C9H13Cl2N3S. The summed E-state index contributed by atoms with van der Waals surface area (Å²) >= 11 is 7.59. The van der Waals surface area contributed by atoms with Crippen LogP contribution in [0.2, 0.25) is 5.15 Å². The monoisotopic (exact) mass is 265 g/mol. The van der Waals surface area contributed by atoms with Crippen molar-refractivity contribution in [3.8, 4) is 0 Å². The SMILES string of the molecule is Cl.Clc1cc(SC2CCNCC2)ncn1. The zero-order chi connectivity index (χ0) is 9.80. The molecule has 15 heavy (non-hydrogen) atoms. The first-order valence-electron chi connectivity index (χ1n) is 4.69. The lowest BCUT2D eigenvalue weighted by molar-refractivity contribution is 0.531. The fourth-order valence-electron chi connectivity index (χ4n) is 1.47. The summed E-state index contributed by atoms with van der Waals surface area (Å²) < 4.78 is 0. The molecule has 1 saturated heterocycles. The van der Waals surface area contributed by atoms with Crippen LogP contribution >= 0.6 is 35.8 Å². The van der Waals surface area contributed by atoms with E-state index in [0.717, 1.165) is 18.1 Å². The summed E-state index contributed by atoms with van der Waals surface area (Å²) in [5.74, 6) is 0. The summed E-state index contributed by atoms with van der Waals surface area (Å²) in [7, 11) is 0. The molecule has 0 unspecified atom stereocenters. The van der Waals surface area contributed by atoms with Crippen molar-refractivity contribution < 1.29 is 0 Å². The van der Waals surface area contributed by atoms with Gasteiger partial charge < -0.3 is 5.32 Å². The normalized spacial score (nSPS) is 17.1. The first kappa shape index (κ1) is 13.0. The minimum absolute atomic E-state index is 0. The summed E-state index contributed by atoms with van der Waals surface area (Å²) in [5, 5.41) is 5.52. The van der Waals surface area contributed by atoms with E-state index in [2.05, 4.69) is 15.3 Å². The van der Waals surface area contributed by atoms with Crippen LogP contribution in [0.1, 0.15) is 12.8 Å². The highest BCUT2D eigenvalue weighted by atomic mass is 35.5. The van der Waals surface area contributed by atoms with Gasteiger partial charge in [-0.1, -0.05) is 11.6 Å². The van der Waals surface area contributed by atoms with E-state index >= 15 is 0 Å². The van der Waals surface area contributed by atoms with Crippen molar-refractivity contribution in [2.45, 2.75) is 23.1 Å². The second-order valence-corrected chi connectivity index (χ2v) is 4.95. The van der Waals surface area contributed by atoms with Crippen molar-refractivity contribution in [3.05, 3.63) is 17.5 Å². The van der Waals surface area contributed by atoms with Crippen molar-refractivity contribution in [1.82, 2.24) is 15.3 Å². The zero-order valence-electron chi connectivity index (χ0n) is 8.15. The molecule has 1 fully saturated rings. The Morgan fingerprint density at radius 1 is 1.33 bits per heavy atom. The van der Waals surface area contributed by atoms with Gasteiger partial charge in [0.2, 0.25) is 0 Å². The highest BCUT2D eigenvalue weighted by molar-refractivity contribution is 7.99. The van der Waals surface area contributed by atoms with E-state index in [9.17, 15) is 0 Å². The van der Waals surface area contributed by atoms with Gasteiger partial charge >= 0.3 is 0 Å². The Kier molecular flexibility index (Phi) is 5.68. The van der Waals surface area contributed by atoms with Crippen LogP contribution in [-0.4, -0.2) is 28.3 Å². The average molecular weight is 266 g/mol. The zero-order valence-corrected chi connectivity index (χ0v) is 10.5. The molecule has 1 aliphatic heterocycles. The van der Waals surface area contributed by atoms with Gasteiger partial charge in [0, 0.05) is 11.3 Å². The van der Waals surface area contributed by atoms with Crippen LogP contribution in [0, 0.1) is 0 Å². The predicted molar refractivity (Wildman–Crippen MR) is 66.0 cm³/mol. The van der Waals surface area contributed by atoms with Crippen LogP contribution in [0.4, 0.5) is 0 Å². The van der Waals surface area contributed by atoms with E-state index in [1.807, 2.05) is 6.07 Å². The molecule has 0 aliphatic carbocycles. The maximum absolute atomic E-state index is 5.79. The molecule has 0 aromatic carbocycles. The van der Waals surface area contributed by atoms with E-state index in [1.54, 1.807) is 11.8 Å². The largest absolute Gasteiger partial charge is 0.317 e. The Bertz CT molecular complexity index is 305. The highest BCUT2D eigenvalue weighted by Crippen LogP contribution is 2.27. The summed E-state index contributed by atoms with van der Waals surface area (Å²) in [4.78, 5) is 8.04. The molecule has 1 aromatic heterocycles. The first-order valence-corrected chi connectivity index (χ1v) is 5.95. The van der Waals surface area contributed by atoms with Gasteiger partial charge in [-0.05, 0) is 25.9 Å². The Labute approximate surface area is 105 Å². The Hall–Kier alpha value is -0.0300. The topological polar surface area (TPSA) is 37.8 Å². The molecule has 0 spiro atoms. The Balaban J connectivity index is 0.00000112. The molecule has 2 rings (SSSR count). The van der Waals surface area contributed by atoms with Gasteiger partial charge in [-0.3, -0.25) is 0 Å². The molecule has 1 aliphatic rings. The molecule has 6 heteroatoms. The van der Waals surface area contributed by atoms with Crippen LogP contribution < -0.4 is 5.32 Å². The van der Waals surface area contributed by atoms with Gasteiger partial charge in [-0.15, -0.1) is 24.2 Å². The number of thioether (sulfide) groups is 1. The van der Waals surface area contributed by atoms with Crippen LogP contribution in [-0.2, 0) is 0 Å². The van der Waals surface area contributed by atoms with Crippen LogP contribution in [0.15, 0.2) is 17.4 Å².